The number of piperidine rings is 1. The summed E-state index contributed by atoms with van der Waals surface area (Å²) in [6.07, 6.45) is 6.56. The molecule has 2 atom stereocenters. The average molecular weight is 459 g/mol. The van der Waals surface area contributed by atoms with E-state index in [-0.39, 0.29) is 12.4 Å². The highest BCUT2D eigenvalue weighted by Crippen LogP contribution is 2.32. The van der Waals surface area contributed by atoms with Crippen LogP contribution in [0.2, 0.25) is 0 Å². The summed E-state index contributed by atoms with van der Waals surface area (Å²) in [5.74, 6) is 1.68. The van der Waals surface area contributed by atoms with Crippen molar-refractivity contribution in [3.8, 4) is 22.9 Å². The second-order valence-corrected chi connectivity index (χ2v) is 8.43. The standard InChI is InChI=1S/C25H22N6O.ClH/c26-10-19-12-28-31-15-22(32-16-17-4-2-1-3-5-17)9-23(25(19)31)18-6-7-24(27-11-18)30-13-20-8-21(14-30)29-20;/h1-7,9,11-12,15,20-21,29H,8,13-14,16H2;1H. The number of fused-ring (bicyclic) bond motifs is 3. The Morgan fingerprint density at radius 1 is 1.09 bits per heavy atom. The van der Waals surface area contributed by atoms with E-state index in [2.05, 4.69) is 33.5 Å². The van der Waals surface area contributed by atoms with E-state index in [0.717, 1.165) is 41.1 Å². The van der Waals surface area contributed by atoms with Crippen molar-refractivity contribution >= 4 is 23.7 Å². The molecule has 3 saturated heterocycles. The third kappa shape index (κ3) is 3.99. The van der Waals surface area contributed by atoms with Crippen molar-refractivity contribution in [3.05, 3.63) is 78.2 Å². The smallest absolute Gasteiger partial charge is 0.138 e. The quantitative estimate of drug-likeness (QED) is 0.490. The topological polar surface area (TPSA) is 78.5 Å². The largest absolute Gasteiger partial charge is 0.487 e. The summed E-state index contributed by atoms with van der Waals surface area (Å²) < 4.78 is 7.78. The van der Waals surface area contributed by atoms with Gasteiger partial charge in [-0.25, -0.2) is 9.50 Å². The third-order valence-corrected chi connectivity index (χ3v) is 6.26. The van der Waals surface area contributed by atoms with Crippen molar-refractivity contribution in [2.45, 2.75) is 25.1 Å². The van der Waals surface area contributed by atoms with Crippen LogP contribution in [0.5, 0.6) is 5.75 Å². The van der Waals surface area contributed by atoms with Gasteiger partial charge in [-0.15, -0.1) is 12.4 Å². The molecule has 0 amide bonds. The zero-order valence-electron chi connectivity index (χ0n) is 17.9. The number of nitrogens with one attached hydrogen (secondary N) is 1. The Labute approximate surface area is 198 Å². The van der Waals surface area contributed by atoms with Gasteiger partial charge in [0.15, 0.2) is 0 Å². The molecule has 3 aliphatic heterocycles. The maximum absolute atomic E-state index is 9.60. The van der Waals surface area contributed by atoms with Crippen molar-refractivity contribution in [2.75, 3.05) is 18.0 Å². The van der Waals surface area contributed by atoms with Crippen LogP contribution < -0.4 is 15.0 Å². The predicted molar refractivity (Wildman–Crippen MR) is 129 cm³/mol. The van der Waals surface area contributed by atoms with Gasteiger partial charge in [-0.05, 0) is 30.2 Å². The molecule has 33 heavy (non-hydrogen) atoms. The lowest BCUT2D eigenvalue weighted by molar-refractivity contribution is 0.225. The SMILES string of the molecule is Cl.N#Cc1cnn2cc(OCc3ccccc3)cc(-c3ccc(N4CC5CC(C4)N5)nc3)c12. The molecule has 0 spiro atoms. The third-order valence-electron chi connectivity index (χ3n) is 6.26. The summed E-state index contributed by atoms with van der Waals surface area (Å²) in [4.78, 5) is 7.09. The van der Waals surface area contributed by atoms with Crippen LogP contribution in [-0.2, 0) is 6.61 Å². The first-order valence-corrected chi connectivity index (χ1v) is 10.8. The normalized spacial score (nSPS) is 18.8. The first-order valence-electron chi connectivity index (χ1n) is 10.8. The second-order valence-electron chi connectivity index (χ2n) is 8.43. The molecule has 7 rings (SSSR count). The number of pyridine rings is 2. The summed E-state index contributed by atoms with van der Waals surface area (Å²) in [5, 5.41) is 17.5. The van der Waals surface area contributed by atoms with Gasteiger partial charge in [0.1, 0.15) is 24.2 Å². The number of hydrogen-bond donors (Lipinski definition) is 1. The molecule has 3 fully saturated rings. The van der Waals surface area contributed by atoms with E-state index >= 15 is 0 Å². The highest BCUT2D eigenvalue weighted by molar-refractivity contribution is 5.85. The summed E-state index contributed by atoms with van der Waals surface area (Å²) >= 11 is 0. The number of halogens is 1. The maximum atomic E-state index is 9.60. The van der Waals surface area contributed by atoms with E-state index < -0.39 is 0 Å². The van der Waals surface area contributed by atoms with Crippen LogP contribution >= 0.6 is 12.4 Å². The fourth-order valence-corrected chi connectivity index (χ4v) is 4.65. The van der Waals surface area contributed by atoms with Gasteiger partial charge in [0, 0.05) is 42.5 Å². The number of nitriles is 1. The van der Waals surface area contributed by atoms with E-state index in [1.165, 1.54) is 6.42 Å². The molecule has 6 heterocycles. The fourth-order valence-electron chi connectivity index (χ4n) is 4.65. The Kier molecular flexibility index (Phi) is 5.63. The lowest BCUT2D eigenvalue weighted by Gasteiger charge is -2.48. The van der Waals surface area contributed by atoms with E-state index in [1.807, 2.05) is 48.8 Å². The number of nitrogens with zero attached hydrogens (tertiary/aromatic N) is 5. The monoisotopic (exact) mass is 458 g/mol. The molecule has 4 aromatic rings. The van der Waals surface area contributed by atoms with Crippen LogP contribution in [-0.4, -0.2) is 39.8 Å². The molecule has 3 aliphatic rings. The molecule has 166 valence electrons. The van der Waals surface area contributed by atoms with Crippen LogP contribution in [0.3, 0.4) is 0 Å². The Balaban J connectivity index is 0.00000228. The summed E-state index contributed by atoms with van der Waals surface area (Å²) in [6.45, 7) is 2.45. The van der Waals surface area contributed by atoms with Crippen molar-refractivity contribution in [1.82, 2.24) is 19.9 Å². The molecule has 8 heteroatoms. The first-order chi connectivity index (χ1) is 15.8. The minimum atomic E-state index is 0. The van der Waals surface area contributed by atoms with Crippen LogP contribution in [0, 0.1) is 11.3 Å². The lowest BCUT2D eigenvalue weighted by Crippen LogP contribution is -2.67. The molecular formula is C25H23ClN6O. The summed E-state index contributed by atoms with van der Waals surface area (Å²) in [7, 11) is 0. The van der Waals surface area contributed by atoms with Gasteiger partial charge in [-0.3, -0.25) is 0 Å². The maximum Gasteiger partial charge on any atom is 0.138 e. The molecule has 3 aromatic heterocycles. The Morgan fingerprint density at radius 2 is 1.88 bits per heavy atom. The minimum Gasteiger partial charge on any atom is -0.487 e. The summed E-state index contributed by atoms with van der Waals surface area (Å²) in [6, 6.07) is 19.6. The Bertz CT molecular complexity index is 1300. The number of anilines is 1. The number of rotatable bonds is 5. The number of piperazine rings is 1. The van der Waals surface area contributed by atoms with Crippen LogP contribution in [0.1, 0.15) is 17.5 Å². The Morgan fingerprint density at radius 3 is 2.58 bits per heavy atom. The fraction of sp³-hybridized carbons (Fsp3) is 0.240. The van der Waals surface area contributed by atoms with Crippen molar-refractivity contribution in [3.63, 3.8) is 0 Å². The number of aromatic nitrogens is 3. The van der Waals surface area contributed by atoms with E-state index in [9.17, 15) is 5.26 Å². The number of ether oxygens (including phenoxy) is 1. The molecule has 2 unspecified atom stereocenters. The van der Waals surface area contributed by atoms with Gasteiger partial charge in [0.05, 0.1) is 23.5 Å². The molecule has 0 radical (unpaired) electrons. The van der Waals surface area contributed by atoms with Gasteiger partial charge in [0.2, 0.25) is 0 Å². The van der Waals surface area contributed by atoms with E-state index in [1.54, 1.807) is 10.7 Å². The summed E-state index contributed by atoms with van der Waals surface area (Å²) in [5.41, 5.74) is 4.19. The average Bonchev–Trinajstić information content (AvgIpc) is 3.26. The highest BCUT2D eigenvalue weighted by atomic mass is 35.5. The van der Waals surface area contributed by atoms with Crippen molar-refractivity contribution in [2.24, 2.45) is 0 Å². The van der Waals surface area contributed by atoms with Crippen LogP contribution in [0.4, 0.5) is 5.82 Å². The Hall–Kier alpha value is -3.60. The minimum absolute atomic E-state index is 0. The van der Waals surface area contributed by atoms with Gasteiger partial charge < -0.3 is 15.0 Å². The zero-order chi connectivity index (χ0) is 21.5. The zero-order valence-corrected chi connectivity index (χ0v) is 18.7. The van der Waals surface area contributed by atoms with Crippen molar-refractivity contribution in [1.29, 1.82) is 5.26 Å². The number of benzene rings is 1. The first kappa shape index (κ1) is 21.3. The van der Waals surface area contributed by atoms with E-state index in [0.29, 0.717) is 30.0 Å². The second kappa shape index (κ2) is 8.74. The van der Waals surface area contributed by atoms with Crippen LogP contribution in [0.25, 0.3) is 16.6 Å². The van der Waals surface area contributed by atoms with Crippen LogP contribution in [0.15, 0.2) is 67.1 Å². The molecule has 2 bridgehead atoms. The predicted octanol–water partition coefficient (Wildman–Crippen LogP) is 3.82. The lowest BCUT2D eigenvalue weighted by atomic mass is 9.91. The molecule has 0 saturated carbocycles. The molecule has 0 aliphatic carbocycles. The van der Waals surface area contributed by atoms with Crippen molar-refractivity contribution < 1.29 is 4.74 Å². The van der Waals surface area contributed by atoms with E-state index in [4.69, 9.17) is 9.72 Å². The van der Waals surface area contributed by atoms with Gasteiger partial charge >= 0.3 is 0 Å². The molecule has 1 N–H and O–H groups in total. The van der Waals surface area contributed by atoms with Gasteiger partial charge in [-0.1, -0.05) is 30.3 Å². The van der Waals surface area contributed by atoms with Gasteiger partial charge in [-0.2, -0.15) is 10.4 Å². The molecule has 1 aromatic carbocycles. The van der Waals surface area contributed by atoms with Gasteiger partial charge in [0.25, 0.3) is 0 Å². The highest BCUT2D eigenvalue weighted by Gasteiger charge is 2.36. The number of hydrogen-bond acceptors (Lipinski definition) is 6. The molecular weight excluding hydrogens is 436 g/mol. The molecule has 7 nitrogen and oxygen atoms in total.